The number of benzene rings is 1. The van der Waals surface area contributed by atoms with Crippen molar-refractivity contribution in [2.45, 2.75) is 11.3 Å². The predicted molar refractivity (Wildman–Crippen MR) is 96.7 cm³/mol. The van der Waals surface area contributed by atoms with Crippen molar-refractivity contribution in [1.82, 2.24) is 9.97 Å². The lowest BCUT2D eigenvalue weighted by molar-refractivity contribution is 0.777. The Morgan fingerprint density at radius 2 is 1.12 bits per heavy atom. The van der Waals surface area contributed by atoms with E-state index in [0.717, 1.165) is 0 Å². The summed E-state index contributed by atoms with van der Waals surface area (Å²) < 4.78 is 0. The van der Waals surface area contributed by atoms with Crippen LogP contribution < -0.4 is 0 Å². The second-order valence-corrected chi connectivity index (χ2v) is 6.00. The molecule has 4 rings (SSSR count). The van der Waals surface area contributed by atoms with Gasteiger partial charge < -0.3 is 0 Å². The molecule has 0 fully saturated rings. The molecule has 0 N–H and O–H groups in total. The molecule has 1 aromatic carbocycles. The molecule has 3 aromatic rings. The number of allylic oxidation sites excluding steroid dienone is 4. The van der Waals surface area contributed by atoms with Crippen LogP contribution in [0.1, 0.15) is 22.6 Å². The average molecular weight is 310 g/mol. The van der Waals surface area contributed by atoms with E-state index in [4.69, 9.17) is 0 Å². The molecule has 0 amide bonds. The SMILES string of the molecule is C1=CC(c2ccncc2)(c2ccncc2)C=CC1c1ccccc1. The zero-order valence-corrected chi connectivity index (χ0v) is 13.3. The third-order valence-corrected chi connectivity index (χ3v) is 4.63. The highest BCUT2D eigenvalue weighted by atomic mass is 14.6. The molecule has 2 nitrogen and oxygen atoms in total. The standard InChI is InChI=1S/C22H18N2/c1-2-4-18(5-3-1)19-6-12-22(13-7-19,20-8-14-23-15-9-20)21-10-16-24-17-11-21/h1-17,19H. The zero-order chi connectivity index (χ0) is 16.2. The summed E-state index contributed by atoms with van der Waals surface area (Å²) >= 11 is 0. The Morgan fingerprint density at radius 3 is 1.62 bits per heavy atom. The Hall–Kier alpha value is -3.00. The van der Waals surface area contributed by atoms with Crippen LogP contribution in [0.25, 0.3) is 0 Å². The molecule has 116 valence electrons. The second-order valence-electron chi connectivity index (χ2n) is 6.00. The molecule has 1 aliphatic rings. The maximum atomic E-state index is 4.17. The molecule has 0 spiro atoms. The number of aromatic nitrogens is 2. The first-order valence-electron chi connectivity index (χ1n) is 8.13. The molecule has 2 heteroatoms. The van der Waals surface area contributed by atoms with Gasteiger partial charge in [-0.25, -0.2) is 0 Å². The Balaban J connectivity index is 1.79. The molecule has 0 atom stereocenters. The molecule has 0 saturated heterocycles. The zero-order valence-electron chi connectivity index (χ0n) is 13.3. The minimum absolute atomic E-state index is 0.267. The molecule has 0 aliphatic heterocycles. The molecule has 0 radical (unpaired) electrons. The summed E-state index contributed by atoms with van der Waals surface area (Å²) in [6.07, 6.45) is 16.6. The minimum Gasteiger partial charge on any atom is -0.265 e. The normalized spacial score (nSPS) is 16.2. The highest BCUT2D eigenvalue weighted by Gasteiger charge is 2.31. The minimum atomic E-state index is -0.267. The molecule has 0 bridgehead atoms. The molecule has 0 saturated carbocycles. The van der Waals surface area contributed by atoms with E-state index in [-0.39, 0.29) is 5.41 Å². The number of pyridine rings is 2. The van der Waals surface area contributed by atoms with Crippen LogP contribution in [0.2, 0.25) is 0 Å². The van der Waals surface area contributed by atoms with Crippen molar-refractivity contribution >= 4 is 0 Å². The molecule has 1 aliphatic carbocycles. The summed E-state index contributed by atoms with van der Waals surface area (Å²) in [6, 6.07) is 18.9. The van der Waals surface area contributed by atoms with Crippen molar-refractivity contribution in [2.75, 3.05) is 0 Å². The predicted octanol–water partition coefficient (Wildman–Crippen LogP) is 4.67. The highest BCUT2D eigenvalue weighted by molar-refractivity contribution is 5.52. The van der Waals surface area contributed by atoms with Crippen LogP contribution >= 0.6 is 0 Å². The van der Waals surface area contributed by atoms with Gasteiger partial charge in [-0.3, -0.25) is 9.97 Å². The van der Waals surface area contributed by atoms with Crippen molar-refractivity contribution in [3.05, 3.63) is 120 Å². The third-order valence-electron chi connectivity index (χ3n) is 4.63. The molecule has 0 unspecified atom stereocenters. The van der Waals surface area contributed by atoms with Gasteiger partial charge in [-0.2, -0.15) is 0 Å². The largest absolute Gasteiger partial charge is 0.265 e. The van der Waals surface area contributed by atoms with Crippen LogP contribution in [0.15, 0.2) is 104 Å². The van der Waals surface area contributed by atoms with Gasteiger partial charge in [-0.1, -0.05) is 54.6 Å². The van der Waals surface area contributed by atoms with Gasteiger partial charge >= 0.3 is 0 Å². The number of nitrogens with zero attached hydrogens (tertiary/aromatic N) is 2. The Kier molecular flexibility index (Phi) is 3.80. The topological polar surface area (TPSA) is 25.8 Å². The fraction of sp³-hybridized carbons (Fsp3) is 0.0909. The lowest BCUT2D eigenvalue weighted by atomic mass is 9.71. The maximum absolute atomic E-state index is 4.17. The van der Waals surface area contributed by atoms with Crippen molar-refractivity contribution in [3.63, 3.8) is 0 Å². The van der Waals surface area contributed by atoms with Crippen molar-refractivity contribution in [2.24, 2.45) is 0 Å². The van der Waals surface area contributed by atoms with Gasteiger partial charge in [0.2, 0.25) is 0 Å². The second kappa shape index (κ2) is 6.25. The summed E-state index contributed by atoms with van der Waals surface area (Å²) in [5.41, 5.74) is 3.46. The monoisotopic (exact) mass is 310 g/mol. The Labute approximate surface area is 142 Å². The van der Waals surface area contributed by atoms with Crippen molar-refractivity contribution < 1.29 is 0 Å². The van der Waals surface area contributed by atoms with Crippen LogP contribution in [0, 0.1) is 0 Å². The van der Waals surface area contributed by atoms with Gasteiger partial charge in [0.05, 0.1) is 5.41 Å². The first-order valence-corrected chi connectivity index (χ1v) is 8.13. The summed E-state index contributed by atoms with van der Waals surface area (Å²) in [6.45, 7) is 0. The fourth-order valence-corrected chi connectivity index (χ4v) is 3.34. The summed E-state index contributed by atoms with van der Waals surface area (Å²) in [5, 5.41) is 0. The highest BCUT2D eigenvalue weighted by Crippen LogP contribution is 2.39. The molecule has 2 aromatic heterocycles. The van der Waals surface area contributed by atoms with E-state index in [9.17, 15) is 0 Å². The number of hydrogen-bond acceptors (Lipinski definition) is 2. The molecule has 24 heavy (non-hydrogen) atoms. The van der Waals surface area contributed by atoms with E-state index in [2.05, 4.69) is 88.9 Å². The Bertz CT molecular complexity index is 797. The van der Waals surface area contributed by atoms with Gasteiger partial charge in [-0.15, -0.1) is 0 Å². The summed E-state index contributed by atoms with van der Waals surface area (Å²) in [5.74, 6) is 0.308. The molecular formula is C22H18N2. The number of hydrogen-bond donors (Lipinski definition) is 0. The van der Waals surface area contributed by atoms with E-state index in [1.807, 2.05) is 24.8 Å². The molecular weight excluding hydrogens is 292 g/mol. The quantitative estimate of drug-likeness (QED) is 0.657. The smallest absolute Gasteiger partial charge is 0.0565 e. The van der Waals surface area contributed by atoms with E-state index in [0.29, 0.717) is 5.92 Å². The maximum Gasteiger partial charge on any atom is 0.0565 e. The van der Waals surface area contributed by atoms with Crippen LogP contribution in [0.3, 0.4) is 0 Å². The van der Waals surface area contributed by atoms with Gasteiger partial charge in [0.1, 0.15) is 0 Å². The first kappa shape index (κ1) is 14.6. The van der Waals surface area contributed by atoms with Crippen LogP contribution in [0.4, 0.5) is 0 Å². The van der Waals surface area contributed by atoms with E-state index < -0.39 is 0 Å². The van der Waals surface area contributed by atoms with E-state index in [1.165, 1.54) is 16.7 Å². The van der Waals surface area contributed by atoms with Crippen LogP contribution in [-0.4, -0.2) is 9.97 Å². The summed E-state index contributed by atoms with van der Waals surface area (Å²) in [7, 11) is 0. The third kappa shape index (κ3) is 2.56. The van der Waals surface area contributed by atoms with E-state index >= 15 is 0 Å². The van der Waals surface area contributed by atoms with Gasteiger partial charge in [0, 0.05) is 30.7 Å². The lowest BCUT2D eigenvalue weighted by Gasteiger charge is -2.32. The van der Waals surface area contributed by atoms with Gasteiger partial charge in [0.25, 0.3) is 0 Å². The lowest BCUT2D eigenvalue weighted by Crippen LogP contribution is -2.25. The van der Waals surface area contributed by atoms with Crippen molar-refractivity contribution in [3.8, 4) is 0 Å². The van der Waals surface area contributed by atoms with Crippen LogP contribution in [-0.2, 0) is 5.41 Å². The van der Waals surface area contributed by atoms with Gasteiger partial charge in [-0.05, 0) is 41.0 Å². The first-order chi connectivity index (χ1) is 11.9. The van der Waals surface area contributed by atoms with Gasteiger partial charge in [0.15, 0.2) is 0 Å². The molecule has 2 heterocycles. The number of rotatable bonds is 3. The van der Waals surface area contributed by atoms with E-state index in [1.54, 1.807) is 0 Å². The fourth-order valence-electron chi connectivity index (χ4n) is 3.34. The Morgan fingerprint density at radius 1 is 0.625 bits per heavy atom. The average Bonchev–Trinajstić information content (AvgIpc) is 2.70. The van der Waals surface area contributed by atoms with Crippen molar-refractivity contribution in [1.29, 1.82) is 0 Å². The van der Waals surface area contributed by atoms with Crippen LogP contribution in [0.5, 0.6) is 0 Å². The summed E-state index contributed by atoms with van der Waals surface area (Å²) in [4.78, 5) is 8.33.